The Labute approximate surface area is 145 Å². The predicted octanol–water partition coefficient (Wildman–Crippen LogP) is 2.00. The molecule has 0 atom stereocenters. The number of hydrogen-bond donors (Lipinski definition) is 0. The highest BCUT2D eigenvalue weighted by Gasteiger charge is 2.36. The van der Waals surface area contributed by atoms with Crippen LogP contribution >= 0.6 is 0 Å². The van der Waals surface area contributed by atoms with Crippen molar-refractivity contribution in [2.45, 2.75) is 0 Å². The number of anilines is 1. The van der Waals surface area contributed by atoms with E-state index in [-0.39, 0.29) is 18.9 Å². The quantitative estimate of drug-likeness (QED) is 0.754. The van der Waals surface area contributed by atoms with Gasteiger partial charge in [-0.15, -0.1) is 0 Å². The van der Waals surface area contributed by atoms with Crippen LogP contribution in [0.4, 0.5) is 5.69 Å². The lowest BCUT2D eigenvalue weighted by molar-refractivity contribution is -0.118. The highest BCUT2D eigenvalue weighted by atomic mass is 16.5. The smallest absolute Gasteiger partial charge is 0.261 e. The molecule has 0 spiro atoms. The second kappa shape index (κ2) is 6.76. The molecule has 0 fully saturated rings. The van der Waals surface area contributed by atoms with Crippen molar-refractivity contribution >= 4 is 23.3 Å². The number of Topliss-reactive ketones (excluding diaryl/α,β-unsaturated/α-hetero) is 1. The van der Waals surface area contributed by atoms with Gasteiger partial charge in [0.2, 0.25) is 0 Å². The minimum Gasteiger partial charge on any atom is -0.497 e. The lowest BCUT2D eigenvalue weighted by Crippen LogP contribution is -2.39. The summed E-state index contributed by atoms with van der Waals surface area (Å²) in [6, 6.07) is 13.9. The fourth-order valence-electron chi connectivity index (χ4n) is 2.80. The van der Waals surface area contributed by atoms with Crippen LogP contribution in [0.3, 0.4) is 0 Å². The molecule has 0 aliphatic carbocycles. The van der Waals surface area contributed by atoms with Gasteiger partial charge in [-0.05, 0) is 36.4 Å². The third kappa shape index (κ3) is 3.24. The summed E-state index contributed by atoms with van der Waals surface area (Å²) in [6.07, 6.45) is 0. The zero-order valence-corrected chi connectivity index (χ0v) is 14.1. The van der Waals surface area contributed by atoms with Crippen molar-refractivity contribution in [3.8, 4) is 5.75 Å². The molecule has 3 rings (SSSR count). The maximum absolute atomic E-state index is 12.3. The van der Waals surface area contributed by atoms with Gasteiger partial charge < -0.3 is 9.64 Å². The van der Waals surface area contributed by atoms with Gasteiger partial charge in [-0.1, -0.05) is 12.1 Å². The van der Waals surface area contributed by atoms with Crippen molar-refractivity contribution in [2.75, 3.05) is 32.1 Å². The van der Waals surface area contributed by atoms with Crippen molar-refractivity contribution in [3.63, 3.8) is 0 Å². The SMILES string of the molecule is COc1ccc(N(C)CC(=O)CN2C(=O)c3ccccc3C2=O)cc1. The second-order valence-electron chi connectivity index (χ2n) is 5.83. The summed E-state index contributed by atoms with van der Waals surface area (Å²) >= 11 is 0. The Hall–Kier alpha value is -3.15. The number of benzene rings is 2. The van der Waals surface area contributed by atoms with Gasteiger partial charge in [-0.3, -0.25) is 19.3 Å². The first-order valence-electron chi connectivity index (χ1n) is 7.83. The van der Waals surface area contributed by atoms with Crippen molar-refractivity contribution < 1.29 is 19.1 Å². The lowest BCUT2D eigenvalue weighted by atomic mass is 10.1. The van der Waals surface area contributed by atoms with E-state index in [0.717, 1.165) is 16.3 Å². The van der Waals surface area contributed by atoms with Gasteiger partial charge in [0.15, 0.2) is 5.78 Å². The van der Waals surface area contributed by atoms with Crippen LogP contribution in [-0.2, 0) is 4.79 Å². The molecule has 25 heavy (non-hydrogen) atoms. The van der Waals surface area contributed by atoms with Gasteiger partial charge in [0, 0.05) is 12.7 Å². The van der Waals surface area contributed by atoms with E-state index in [4.69, 9.17) is 4.74 Å². The number of fused-ring (bicyclic) bond motifs is 1. The van der Waals surface area contributed by atoms with E-state index < -0.39 is 11.8 Å². The number of hydrogen-bond acceptors (Lipinski definition) is 5. The summed E-state index contributed by atoms with van der Waals surface area (Å²) < 4.78 is 5.11. The standard InChI is InChI=1S/C19H18N2O4/c1-20(13-7-9-15(25-2)10-8-13)11-14(22)12-21-18(23)16-5-3-4-6-17(16)19(21)24/h3-10H,11-12H2,1-2H3. The monoisotopic (exact) mass is 338 g/mol. The molecule has 0 saturated heterocycles. The Morgan fingerprint density at radius 1 is 1.00 bits per heavy atom. The zero-order chi connectivity index (χ0) is 18.0. The molecule has 6 nitrogen and oxygen atoms in total. The number of imide groups is 1. The molecular weight excluding hydrogens is 320 g/mol. The minimum absolute atomic E-state index is 0.0970. The number of carbonyl (C=O) groups is 3. The van der Waals surface area contributed by atoms with Gasteiger partial charge in [0.05, 0.1) is 31.3 Å². The fraction of sp³-hybridized carbons (Fsp3) is 0.211. The minimum atomic E-state index is -0.416. The fourth-order valence-corrected chi connectivity index (χ4v) is 2.80. The molecule has 1 heterocycles. The molecule has 2 amide bonds. The van der Waals surface area contributed by atoms with E-state index in [1.165, 1.54) is 0 Å². The number of carbonyl (C=O) groups excluding carboxylic acids is 3. The molecule has 6 heteroatoms. The first-order valence-corrected chi connectivity index (χ1v) is 7.83. The average Bonchev–Trinajstić information content (AvgIpc) is 2.87. The zero-order valence-electron chi connectivity index (χ0n) is 14.1. The summed E-state index contributed by atoms with van der Waals surface area (Å²) in [7, 11) is 3.37. The molecule has 0 radical (unpaired) electrons. The van der Waals surface area contributed by atoms with E-state index >= 15 is 0 Å². The van der Waals surface area contributed by atoms with Crippen LogP contribution in [0, 0.1) is 0 Å². The van der Waals surface area contributed by atoms with Crippen LogP contribution in [0.5, 0.6) is 5.75 Å². The van der Waals surface area contributed by atoms with Crippen molar-refractivity contribution in [1.29, 1.82) is 0 Å². The summed E-state index contributed by atoms with van der Waals surface area (Å²) in [6.45, 7) is -0.132. The highest BCUT2D eigenvalue weighted by molar-refractivity contribution is 6.22. The van der Waals surface area contributed by atoms with E-state index in [2.05, 4.69) is 0 Å². The van der Waals surface area contributed by atoms with Crippen molar-refractivity contribution in [1.82, 2.24) is 4.90 Å². The summed E-state index contributed by atoms with van der Waals surface area (Å²) in [5.74, 6) is -0.315. The number of ketones is 1. The van der Waals surface area contributed by atoms with Crippen molar-refractivity contribution in [3.05, 3.63) is 59.7 Å². The molecule has 0 aromatic heterocycles. The maximum atomic E-state index is 12.3. The first kappa shape index (κ1) is 16.7. The predicted molar refractivity (Wildman–Crippen MR) is 93.1 cm³/mol. The number of likely N-dealkylation sites (N-methyl/N-ethyl adjacent to an activating group) is 1. The van der Waals surface area contributed by atoms with E-state index in [1.54, 1.807) is 55.5 Å². The Bertz CT molecular complexity index is 795. The third-order valence-corrected chi connectivity index (χ3v) is 4.14. The van der Waals surface area contributed by atoms with Gasteiger partial charge >= 0.3 is 0 Å². The molecule has 2 aromatic rings. The van der Waals surface area contributed by atoms with Gasteiger partial charge in [-0.2, -0.15) is 0 Å². The van der Waals surface area contributed by atoms with Crippen molar-refractivity contribution in [2.24, 2.45) is 0 Å². The maximum Gasteiger partial charge on any atom is 0.261 e. The summed E-state index contributed by atoms with van der Waals surface area (Å²) in [4.78, 5) is 39.7. The number of amides is 2. The van der Waals surface area contributed by atoms with Crippen LogP contribution in [0.1, 0.15) is 20.7 Å². The molecule has 0 N–H and O–H groups in total. The average molecular weight is 338 g/mol. The van der Waals surface area contributed by atoms with Crippen LogP contribution in [-0.4, -0.2) is 49.7 Å². The number of rotatable bonds is 6. The van der Waals surface area contributed by atoms with Crippen LogP contribution in [0.2, 0.25) is 0 Å². The normalized spacial score (nSPS) is 13.0. The Balaban J connectivity index is 1.65. The van der Waals surface area contributed by atoms with Gasteiger partial charge in [-0.25, -0.2) is 0 Å². The largest absolute Gasteiger partial charge is 0.497 e. The van der Waals surface area contributed by atoms with E-state index in [0.29, 0.717) is 11.1 Å². The molecule has 1 aliphatic rings. The Morgan fingerprint density at radius 3 is 2.08 bits per heavy atom. The van der Waals surface area contributed by atoms with Gasteiger partial charge in [0.25, 0.3) is 11.8 Å². The molecule has 0 unspecified atom stereocenters. The third-order valence-electron chi connectivity index (χ3n) is 4.14. The highest BCUT2D eigenvalue weighted by Crippen LogP contribution is 2.22. The van der Waals surface area contributed by atoms with Crippen LogP contribution < -0.4 is 9.64 Å². The molecule has 0 saturated carbocycles. The summed E-state index contributed by atoms with van der Waals surface area (Å²) in [5, 5.41) is 0. The Morgan fingerprint density at radius 2 is 1.56 bits per heavy atom. The molecule has 2 aromatic carbocycles. The molecule has 128 valence electrons. The Kier molecular flexibility index (Phi) is 4.52. The number of nitrogens with zero attached hydrogens (tertiary/aromatic N) is 2. The first-order chi connectivity index (χ1) is 12.0. The number of methoxy groups -OCH3 is 1. The lowest BCUT2D eigenvalue weighted by Gasteiger charge is -2.20. The summed E-state index contributed by atoms with van der Waals surface area (Å²) in [5.41, 5.74) is 1.55. The van der Waals surface area contributed by atoms with Crippen LogP contribution in [0.15, 0.2) is 48.5 Å². The molecule has 1 aliphatic heterocycles. The molecule has 0 bridgehead atoms. The number of ether oxygens (including phenoxy) is 1. The van der Waals surface area contributed by atoms with E-state index in [1.807, 2.05) is 12.1 Å². The molecular formula is C19H18N2O4. The topological polar surface area (TPSA) is 66.9 Å². The van der Waals surface area contributed by atoms with Gasteiger partial charge in [0.1, 0.15) is 5.75 Å². The second-order valence-corrected chi connectivity index (χ2v) is 5.83. The van der Waals surface area contributed by atoms with E-state index in [9.17, 15) is 14.4 Å². The van der Waals surface area contributed by atoms with Crippen LogP contribution in [0.25, 0.3) is 0 Å².